The van der Waals surface area contributed by atoms with Gasteiger partial charge in [-0.15, -0.1) is 0 Å². The van der Waals surface area contributed by atoms with Gasteiger partial charge in [-0.3, -0.25) is 4.79 Å². The van der Waals surface area contributed by atoms with Crippen molar-refractivity contribution in [1.82, 2.24) is 5.32 Å². The van der Waals surface area contributed by atoms with Crippen molar-refractivity contribution in [2.24, 2.45) is 5.92 Å². The number of hydrogen-bond acceptors (Lipinski definition) is 3. The summed E-state index contributed by atoms with van der Waals surface area (Å²) < 4.78 is 19.7. The van der Waals surface area contributed by atoms with Gasteiger partial charge in [0.2, 0.25) is 5.91 Å². The van der Waals surface area contributed by atoms with E-state index in [0.717, 1.165) is 17.7 Å². The van der Waals surface area contributed by atoms with Crippen molar-refractivity contribution < 1.29 is 13.9 Å². The number of carbonyl (C=O) groups is 1. The molecule has 108 valence electrons. The van der Waals surface area contributed by atoms with Gasteiger partial charge in [-0.1, -0.05) is 6.07 Å². The zero-order valence-electron chi connectivity index (χ0n) is 11.4. The maximum Gasteiger partial charge on any atom is 0.227 e. The van der Waals surface area contributed by atoms with Gasteiger partial charge in [0.05, 0.1) is 5.69 Å². The minimum atomic E-state index is -0.274. The second kappa shape index (κ2) is 5.89. The predicted octanol–water partition coefficient (Wildman–Crippen LogP) is 1.84. The molecule has 0 saturated carbocycles. The first kappa shape index (κ1) is 13.5. The van der Waals surface area contributed by atoms with E-state index < -0.39 is 0 Å². The minimum Gasteiger partial charge on any atom is -0.381 e. The Bertz CT molecular complexity index is 513. The van der Waals surface area contributed by atoms with E-state index in [1.54, 1.807) is 6.07 Å². The van der Waals surface area contributed by atoms with Crippen LogP contribution >= 0.6 is 0 Å². The van der Waals surface area contributed by atoms with Crippen LogP contribution in [0.5, 0.6) is 0 Å². The molecule has 2 N–H and O–H groups in total. The van der Waals surface area contributed by atoms with Crippen LogP contribution in [0.25, 0.3) is 0 Å². The second-order valence-electron chi connectivity index (χ2n) is 5.37. The number of carbonyl (C=O) groups excluding carboxylic acids is 1. The molecule has 3 rings (SSSR count). The van der Waals surface area contributed by atoms with Gasteiger partial charge in [0.1, 0.15) is 5.82 Å². The molecule has 4 nitrogen and oxygen atoms in total. The molecule has 0 radical (unpaired) electrons. The summed E-state index contributed by atoms with van der Waals surface area (Å²) in [5.74, 6) is -0.439. The molecule has 2 aliphatic rings. The Morgan fingerprint density at radius 2 is 2.15 bits per heavy atom. The summed E-state index contributed by atoms with van der Waals surface area (Å²) in [6.07, 6.45) is 2.09. The van der Waals surface area contributed by atoms with Crippen molar-refractivity contribution in [3.63, 3.8) is 0 Å². The third kappa shape index (κ3) is 2.69. The number of nitrogens with one attached hydrogen (secondary N) is 2. The monoisotopic (exact) mass is 278 g/mol. The van der Waals surface area contributed by atoms with Crippen LogP contribution in [-0.2, 0) is 22.5 Å². The third-order valence-electron chi connectivity index (χ3n) is 4.06. The highest BCUT2D eigenvalue weighted by atomic mass is 19.1. The lowest BCUT2D eigenvalue weighted by molar-refractivity contribution is -0.122. The van der Waals surface area contributed by atoms with Crippen LogP contribution in [0.1, 0.15) is 24.0 Å². The molecule has 1 saturated heterocycles. The van der Waals surface area contributed by atoms with E-state index in [4.69, 9.17) is 4.74 Å². The van der Waals surface area contributed by atoms with Crippen molar-refractivity contribution in [3.05, 3.63) is 29.1 Å². The molecule has 0 atom stereocenters. The first-order valence-corrected chi connectivity index (χ1v) is 7.15. The Balaban J connectivity index is 1.75. The van der Waals surface area contributed by atoms with Gasteiger partial charge < -0.3 is 15.4 Å². The molecule has 20 heavy (non-hydrogen) atoms. The highest BCUT2D eigenvalue weighted by molar-refractivity contribution is 5.92. The molecule has 0 unspecified atom stereocenters. The van der Waals surface area contributed by atoms with Crippen molar-refractivity contribution in [1.29, 1.82) is 0 Å². The number of ether oxygens (including phenoxy) is 1. The maximum absolute atomic E-state index is 14.4. The second-order valence-corrected chi connectivity index (χ2v) is 5.37. The van der Waals surface area contributed by atoms with Crippen molar-refractivity contribution in [2.45, 2.75) is 25.8 Å². The molecule has 0 aliphatic carbocycles. The van der Waals surface area contributed by atoms with E-state index in [9.17, 15) is 9.18 Å². The number of fused-ring (bicyclic) bond motifs is 1. The van der Waals surface area contributed by atoms with Gasteiger partial charge in [-0.2, -0.15) is 0 Å². The quantitative estimate of drug-likeness (QED) is 0.868. The zero-order valence-corrected chi connectivity index (χ0v) is 11.4. The molecule has 2 heterocycles. The third-order valence-corrected chi connectivity index (χ3v) is 4.06. The van der Waals surface area contributed by atoms with E-state index in [1.165, 1.54) is 0 Å². The molecule has 1 fully saturated rings. The Kier molecular flexibility index (Phi) is 3.98. The normalized spacial score (nSPS) is 19.4. The Morgan fingerprint density at radius 1 is 1.35 bits per heavy atom. The lowest BCUT2D eigenvalue weighted by atomic mass is 9.97. The number of amides is 1. The summed E-state index contributed by atoms with van der Waals surface area (Å²) in [7, 11) is 0. The lowest BCUT2D eigenvalue weighted by Crippen LogP contribution is -2.29. The zero-order chi connectivity index (χ0) is 13.9. The number of hydrogen-bond donors (Lipinski definition) is 2. The standard InChI is InChI=1S/C15H19FN2O2/c16-14-12-3-6-17-9-11(12)1-2-13(14)18-15(19)10-4-7-20-8-5-10/h1-2,10,17H,3-9H2,(H,18,19). The van der Waals surface area contributed by atoms with E-state index in [2.05, 4.69) is 10.6 Å². The van der Waals surface area contributed by atoms with Gasteiger partial charge in [0.15, 0.2) is 0 Å². The van der Waals surface area contributed by atoms with Crippen LogP contribution in [0.2, 0.25) is 0 Å². The van der Waals surface area contributed by atoms with E-state index >= 15 is 0 Å². The molecule has 1 amide bonds. The van der Waals surface area contributed by atoms with Crippen molar-refractivity contribution >= 4 is 11.6 Å². The van der Waals surface area contributed by atoms with E-state index in [-0.39, 0.29) is 17.6 Å². The molecule has 0 aromatic heterocycles. The topological polar surface area (TPSA) is 50.4 Å². The number of anilines is 1. The Morgan fingerprint density at radius 3 is 2.95 bits per heavy atom. The first-order valence-electron chi connectivity index (χ1n) is 7.15. The largest absolute Gasteiger partial charge is 0.381 e. The highest BCUT2D eigenvalue weighted by Gasteiger charge is 2.23. The molecular formula is C15H19FN2O2. The fraction of sp³-hybridized carbons (Fsp3) is 0.533. The summed E-state index contributed by atoms with van der Waals surface area (Å²) in [4.78, 5) is 12.1. The molecule has 0 bridgehead atoms. The first-order chi connectivity index (χ1) is 9.75. The fourth-order valence-electron chi connectivity index (χ4n) is 2.82. The Hall–Kier alpha value is -1.46. The molecule has 2 aliphatic heterocycles. The summed E-state index contributed by atoms with van der Waals surface area (Å²) in [6.45, 7) is 2.69. The average Bonchev–Trinajstić information content (AvgIpc) is 2.51. The average molecular weight is 278 g/mol. The van der Waals surface area contributed by atoms with Gasteiger partial charge in [-0.25, -0.2) is 4.39 Å². The Labute approximate surface area is 117 Å². The lowest BCUT2D eigenvalue weighted by Gasteiger charge is -2.23. The maximum atomic E-state index is 14.4. The highest BCUT2D eigenvalue weighted by Crippen LogP contribution is 2.26. The summed E-state index contributed by atoms with van der Waals surface area (Å²) in [5, 5.41) is 5.95. The molecule has 0 spiro atoms. The number of benzene rings is 1. The van der Waals surface area contributed by atoms with Crippen molar-refractivity contribution in [3.8, 4) is 0 Å². The van der Waals surface area contributed by atoms with Crippen LogP contribution in [0.15, 0.2) is 12.1 Å². The van der Waals surface area contributed by atoms with Gasteiger partial charge in [0.25, 0.3) is 0 Å². The van der Waals surface area contributed by atoms with Crippen LogP contribution in [0.3, 0.4) is 0 Å². The minimum absolute atomic E-state index is 0.0687. The SMILES string of the molecule is O=C(Nc1ccc2c(c1F)CCNC2)C1CCOCC1. The van der Waals surface area contributed by atoms with Gasteiger partial charge >= 0.3 is 0 Å². The van der Waals surface area contributed by atoms with Crippen LogP contribution in [0, 0.1) is 11.7 Å². The summed E-state index contributed by atoms with van der Waals surface area (Å²) in [6, 6.07) is 3.56. The molecular weight excluding hydrogens is 259 g/mol. The molecule has 1 aromatic rings. The number of halogens is 1. The van der Waals surface area contributed by atoms with Crippen LogP contribution in [-0.4, -0.2) is 25.7 Å². The smallest absolute Gasteiger partial charge is 0.227 e. The van der Waals surface area contributed by atoms with Gasteiger partial charge in [-0.05, 0) is 43.0 Å². The summed E-state index contributed by atoms with van der Waals surface area (Å²) >= 11 is 0. The molecule has 5 heteroatoms. The van der Waals surface area contributed by atoms with Crippen LogP contribution < -0.4 is 10.6 Å². The predicted molar refractivity (Wildman–Crippen MR) is 74.0 cm³/mol. The van der Waals surface area contributed by atoms with Crippen LogP contribution in [0.4, 0.5) is 10.1 Å². The van der Waals surface area contributed by atoms with Gasteiger partial charge in [0, 0.05) is 25.7 Å². The molecule has 1 aromatic carbocycles. The fourth-order valence-corrected chi connectivity index (χ4v) is 2.82. The van der Waals surface area contributed by atoms with Crippen molar-refractivity contribution in [2.75, 3.05) is 25.1 Å². The van der Waals surface area contributed by atoms with E-state index in [1.807, 2.05) is 6.07 Å². The number of rotatable bonds is 2. The summed E-state index contributed by atoms with van der Waals surface area (Å²) in [5.41, 5.74) is 2.02. The van der Waals surface area contributed by atoms with E-state index in [0.29, 0.717) is 44.7 Å².